The van der Waals surface area contributed by atoms with Crippen molar-refractivity contribution in [3.8, 4) is 6.07 Å². The highest BCUT2D eigenvalue weighted by Crippen LogP contribution is 2.35. The van der Waals surface area contributed by atoms with Crippen LogP contribution < -0.4 is 0 Å². The maximum Gasteiger partial charge on any atom is 0.178 e. The predicted octanol–water partition coefficient (Wildman–Crippen LogP) is 3.11. The molecule has 6 heteroatoms. The van der Waals surface area contributed by atoms with Crippen molar-refractivity contribution in [3.63, 3.8) is 0 Å². The average Bonchev–Trinajstić information content (AvgIpc) is 2.92. The van der Waals surface area contributed by atoms with Crippen molar-refractivity contribution in [2.24, 2.45) is 0 Å². The SMILES string of the molecule is N#Cc1cnc2ccccc2c1Sc1nncs1. The van der Waals surface area contributed by atoms with Crippen LogP contribution in [0.3, 0.4) is 0 Å². The van der Waals surface area contributed by atoms with E-state index in [0.717, 1.165) is 20.1 Å². The van der Waals surface area contributed by atoms with Gasteiger partial charge in [0.2, 0.25) is 0 Å². The van der Waals surface area contributed by atoms with E-state index in [0.29, 0.717) is 5.56 Å². The second-order valence-corrected chi connectivity index (χ2v) is 5.53. The quantitative estimate of drug-likeness (QED) is 0.716. The molecule has 1 aromatic carbocycles. The van der Waals surface area contributed by atoms with E-state index in [1.54, 1.807) is 11.7 Å². The fourth-order valence-corrected chi connectivity index (χ4v) is 3.20. The van der Waals surface area contributed by atoms with Crippen molar-refractivity contribution >= 4 is 34.0 Å². The Hall–Kier alpha value is -1.97. The van der Waals surface area contributed by atoms with E-state index in [4.69, 9.17) is 0 Å². The van der Waals surface area contributed by atoms with Crippen molar-refractivity contribution in [1.29, 1.82) is 5.26 Å². The lowest BCUT2D eigenvalue weighted by molar-refractivity contribution is 1.01. The van der Waals surface area contributed by atoms with Gasteiger partial charge in [-0.15, -0.1) is 10.2 Å². The fraction of sp³-hybridized carbons (Fsp3) is 0. The third-order valence-corrected chi connectivity index (χ3v) is 4.30. The van der Waals surface area contributed by atoms with Crippen molar-refractivity contribution < 1.29 is 0 Å². The van der Waals surface area contributed by atoms with E-state index >= 15 is 0 Å². The summed E-state index contributed by atoms with van der Waals surface area (Å²) in [5.41, 5.74) is 3.12. The number of rotatable bonds is 2. The first-order chi connectivity index (χ1) is 8.88. The van der Waals surface area contributed by atoms with Crippen molar-refractivity contribution in [2.45, 2.75) is 9.24 Å². The summed E-state index contributed by atoms with van der Waals surface area (Å²) >= 11 is 2.91. The first-order valence-electron chi connectivity index (χ1n) is 5.10. The van der Waals surface area contributed by atoms with E-state index in [9.17, 15) is 5.26 Å². The molecule has 0 radical (unpaired) electrons. The monoisotopic (exact) mass is 270 g/mol. The summed E-state index contributed by atoms with van der Waals surface area (Å²) in [7, 11) is 0. The van der Waals surface area contributed by atoms with Gasteiger partial charge in [0.1, 0.15) is 11.6 Å². The summed E-state index contributed by atoms with van der Waals surface area (Å²) in [4.78, 5) is 5.16. The van der Waals surface area contributed by atoms with Crippen LogP contribution in [-0.2, 0) is 0 Å². The van der Waals surface area contributed by atoms with Gasteiger partial charge in [0.25, 0.3) is 0 Å². The van der Waals surface area contributed by atoms with Gasteiger partial charge >= 0.3 is 0 Å². The largest absolute Gasteiger partial charge is 0.255 e. The zero-order chi connectivity index (χ0) is 12.4. The smallest absolute Gasteiger partial charge is 0.178 e. The summed E-state index contributed by atoms with van der Waals surface area (Å²) in [5.74, 6) is 0. The Kier molecular flexibility index (Phi) is 2.92. The molecule has 2 aromatic heterocycles. The minimum atomic E-state index is 0.564. The summed E-state index contributed by atoms with van der Waals surface area (Å²) < 4.78 is 0.822. The lowest BCUT2D eigenvalue weighted by Crippen LogP contribution is -1.87. The van der Waals surface area contributed by atoms with Crippen LogP contribution in [0.25, 0.3) is 10.9 Å². The van der Waals surface area contributed by atoms with E-state index in [2.05, 4.69) is 21.3 Å². The Bertz CT molecular complexity index is 731. The Morgan fingerprint density at radius 2 is 2.17 bits per heavy atom. The number of pyridine rings is 1. The van der Waals surface area contributed by atoms with Crippen LogP contribution in [0.1, 0.15) is 5.56 Å². The van der Waals surface area contributed by atoms with Gasteiger partial charge in [0.05, 0.1) is 11.1 Å². The first kappa shape index (κ1) is 11.1. The maximum atomic E-state index is 9.17. The molecule has 0 atom stereocenters. The van der Waals surface area contributed by atoms with Crippen LogP contribution in [0.5, 0.6) is 0 Å². The molecular weight excluding hydrogens is 264 g/mol. The van der Waals surface area contributed by atoms with Gasteiger partial charge in [0.15, 0.2) is 4.34 Å². The van der Waals surface area contributed by atoms with Gasteiger partial charge in [-0.2, -0.15) is 5.26 Å². The lowest BCUT2D eigenvalue weighted by Gasteiger charge is -2.05. The zero-order valence-electron chi connectivity index (χ0n) is 9.07. The van der Waals surface area contributed by atoms with Crippen LogP contribution in [0.15, 0.2) is 45.2 Å². The second-order valence-electron chi connectivity index (χ2n) is 3.44. The predicted molar refractivity (Wildman–Crippen MR) is 70.5 cm³/mol. The van der Waals surface area contributed by atoms with E-state index in [-0.39, 0.29) is 0 Å². The highest BCUT2D eigenvalue weighted by molar-refractivity contribution is 8.01. The van der Waals surface area contributed by atoms with Gasteiger partial charge in [0, 0.05) is 16.5 Å². The Balaban J connectivity index is 2.21. The molecule has 0 unspecified atom stereocenters. The third kappa shape index (κ3) is 1.94. The van der Waals surface area contributed by atoms with Gasteiger partial charge < -0.3 is 0 Å². The molecule has 4 nitrogen and oxygen atoms in total. The topological polar surface area (TPSA) is 62.5 Å². The Labute approximate surface area is 111 Å². The molecule has 0 spiro atoms. The molecule has 3 rings (SSSR count). The molecule has 0 fully saturated rings. The molecule has 0 saturated carbocycles. The van der Waals surface area contributed by atoms with Crippen LogP contribution in [-0.4, -0.2) is 15.2 Å². The summed E-state index contributed by atoms with van der Waals surface area (Å²) in [6.45, 7) is 0. The first-order valence-corrected chi connectivity index (χ1v) is 6.80. The van der Waals surface area contributed by atoms with Crippen LogP contribution in [0.4, 0.5) is 0 Å². The number of benzene rings is 1. The second kappa shape index (κ2) is 4.72. The molecule has 0 saturated heterocycles. The Morgan fingerprint density at radius 1 is 1.28 bits per heavy atom. The highest BCUT2D eigenvalue weighted by atomic mass is 32.2. The minimum Gasteiger partial charge on any atom is -0.255 e. The normalized spacial score (nSPS) is 10.4. The van der Waals surface area contributed by atoms with Crippen molar-refractivity contribution in [2.75, 3.05) is 0 Å². The number of aromatic nitrogens is 3. The highest BCUT2D eigenvalue weighted by Gasteiger charge is 2.11. The van der Waals surface area contributed by atoms with Gasteiger partial charge in [-0.3, -0.25) is 4.98 Å². The van der Waals surface area contributed by atoms with E-state index < -0.39 is 0 Å². The molecule has 0 aliphatic rings. The molecule has 0 bridgehead atoms. The van der Waals surface area contributed by atoms with E-state index in [1.165, 1.54) is 23.1 Å². The molecule has 18 heavy (non-hydrogen) atoms. The molecule has 0 amide bonds. The number of nitrogens with zero attached hydrogens (tertiary/aromatic N) is 4. The maximum absolute atomic E-state index is 9.17. The molecule has 2 heterocycles. The van der Waals surface area contributed by atoms with Gasteiger partial charge in [-0.05, 0) is 6.07 Å². The van der Waals surface area contributed by atoms with Gasteiger partial charge in [-0.1, -0.05) is 41.3 Å². The molecule has 0 aliphatic heterocycles. The number of hydrogen-bond donors (Lipinski definition) is 0. The molecule has 0 aliphatic carbocycles. The van der Waals surface area contributed by atoms with Gasteiger partial charge in [-0.25, -0.2) is 0 Å². The lowest BCUT2D eigenvalue weighted by atomic mass is 10.2. The fourth-order valence-electron chi connectivity index (χ4n) is 1.60. The summed E-state index contributed by atoms with van der Waals surface area (Å²) in [5, 5.41) is 17.9. The number of para-hydroxylation sites is 1. The standard InChI is InChI=1S/C12H6N4S2/c13-5-8-6-14-10-4-2-1-3-9(10)11(8)18-12-16-15-7-17-12/h1-4,6-7H. The van der Waals surface area contributed by atoms with E-state index in [1.807, 2.05) is 24.3 Å². The Morgan fingerprint density at radius 3 is 2.94 bits per heavy atom. The molecule has 0 N–H and O–H groups in total. The molecule has 3 aromatic rings. The third-order valence-electron chi connectivity index (χ3n) is 2.38. The van der Waals surface area contributed by atoms with Crippen molar-refractivity contribution in [1.82, 2.24) is 15.2 Å². The van der Waals surface area contributed by atoms with Crippen LogP contribution in [0.2, 0.25) is 0 Å². The average molecular weight is 270 g/mol. The van der Waals surface area contributed by atoms with Crippen molar-refractivity contribution in [3.05, 3.63) is 41.5 Å². The molecule has 86 valence electrons. The molecular formula is C12H6N4S2. The minimum absolute atomic E-state index is 0.564. The van der Waals surface area contributed by atoms with Crippen LogP contribution >= 0.6 is 23.1 Å². The summed E-state index contributed by atoms with van der Waals surface area (Å²) in [6, 6.07) is 9.94. The summed E-state index contributed by atoms with van der Waals surface area (Å²) in [6.07, 6.45) is 1.60. The zero-order valence-corrected chi connectivity index (χ0v) is 10.7. The number of nitriles is 1. The number of hydrogen-bond acceptors (Lipinski definition) is 6. The van der Waals surface area contributed by atoms with Crippen LogP contribution in [0, 0.1) is 11.3 Å². The number of fused-ring (bicyclic) bond motifs is 1.